The number of hydrogen-bond donors (Lipinski definition) is 0. The Labute approximate surface area is 103 Å². The van der Waals surface area contributed by atoms with E-state index < -0.39 is 11.6 Å². The van der Waals surface area contributed by atoms with E-state index in [2.05, 4.69) is 9.97 Å². The average Bonchev–Trinajstić information content (AvgIpc) is 2.71. The van der Waals surface area contributed by atoms with E-state index >= 15 is 0 Å². The summed E-state index contributed by atoms with van der Waals surface area (Å²) in [6, 6.07) is 0. The normalized spacial score (nSPS) is 15.3. The number of anilines is 1. The Balaban J connectivity index is 1.89. The molecule has 0 unspecified atom stereocenters. The van der Waals surface area contributed by atoms with Gasteiger partial charge in [-0.15, -0.1) is 0 Å². The van der Waals surface area contributed by atoms with Gasteiger partial charge in [0.2, 0.25) is 0 Å². The second kappa shape index (κ2) is 4.36. The molecule has 3 rings (SSSR count). The van der Waals surface area contributed by atoms with Gasteiger partial charge in [0.15, 0.2) is 11.6 Å². The Morgan fingerprint density at radius 1 is 1.06 bits per heavy atom. The lowest BCUT2D eigenvalue weighted by Crippen LogP contribution is -2.28. The van der Waals surface area contributed by atoms with E-state index in [0.29, 0.717) is 26.1 Å². The second-order valence-electron chi connectivity index (χ2n) is 4.23. The first kappa shape index (κ1) is 11.1. The molecule has 1 aliphatic rings. The van der Waals surface area contributed by atoms with Crippen molar-refractivity contribution >= 4 is 5.69 Å². The van der Waals surface area contributed by atoms with Crippen LogP contribution < -0.4 is 4.90 Å². The van der Waals surface area contributed by atoms with Gasteiger partial charge >= 0.3 is 0 Å². The van der Waals surface area contributed by atoms with Crippen LogP contribution >= 0.6 is 0 Å². The Kier molecular flexibility index (Phi) is 2.70. The Morgan fingerprint density at radius 2 is 1.83 bits per heavy atom. The maximum Gasteiger partial charge on any atom is 0.167 e. The highest BCUT2D eigenvalue weighted by atomic mass is 19.1. The number of imidazole rings is 1. The number of halogens is 2. The van der Waals surface area contributed by atoms with E-state index in [4.69, 9.17) is 0 Å². The minimum Gasteiger partial charge on any atom is -0.364 e. The molecule has 0 N–H and O–H groups in total. The maximum atomic E-state index is 13.7. The highest BCUT2D eigenvalue weighted by Gasteiger charge is 2.20. The minimum atomic E-state index is -0.616. The summed E-state index contributed by atoms with van der Waals surface area (Å²) in [5.74, 6) is -0.281. The zero-order chi connectivity index (χ0) is 12.5. The van der Waals surface area contributed by atoms with Crippen molar-refractivity contribution in [1.82, 2.24) is 14.5 Å². The van der Waals surface area contributed by atoms with Crippen LogP contribution in [-0.2, 0) is 13.0 Å². The highest BCUT2D eigenvalue weighted by Crippen LogP contribution is 2.23. The van der Waals surface area contributed by atoms with Gasteiger partial charge in [-0.2, -0.15) is 0 Å². The summed E-state index contributed by atoms with van der Waals surface area (Å²) < 4.78 is 29.3. The topological polar surface area (TPSA) is 34.0 Å². The largest absolute Gasteiger partial charge is 0.364 e. The summed E-state index contributed by atoms with van der Waals surface area (Å²) in [6.07, 6.45) is 6.40. The number of fused-ring (bicyclic) bond motifs is 1. The Hall–Kier alpha value is -1.98. The van der Waals surface area contributed by atoms with E-state index in [1.54, 1.807) is 11.1 Å². The van der Waals surface area contributed by atoms with Gasteiger partial charge in [0.25, 0.3) is 0 Å². The molecule has 3 heterocycles. The molecule has 0 atom stereocenters. The van der Waals surface area contributed by atoms with Gasteiger partial charge in [-0.3, -0.25) is 4.98 Å². The van der Waals surface area contributed by atoms with Gasteiger partial charge in [0.1, 0.15) is 11.5 Å². The lowest BCUT2D eigenvalue weighted by molar-refractivity contribution is 0.558. The second-order valence-corrected chi connectivity index (χ2v) is 4.23. The van der Waals surface area contributed by atoms with E-state index in [1.165, 1.54) is 0 Å². The van der Waals surface area contributed by atoms with Gasteiger partial charge < -0.3 is 9.47 Å². The molecule has 2 aromatic heterocycles. The van der Waals surface area contributed by atoms with Gasteiger partial charge in [0, 0.05) is 38.4 Å². The molecule has 0 radical (unpaired) electrons. The van der Waals surface area contributed by atoms with Crippen LogP contribution in [0, 0.1) is 11.6 Å². The van der Waals surface area contributed by atoms with E-state index in [1.807, 2.05) is 10.8 Å². The van der Waals surface area contributed by atoms with Crippen molar-refractivity contribution < 1.29 is 8.78 Å². The number of pyridine rings is 1. The van der Waals surface area contributed by atoms with Crippen molar-refractivity contribution in [2.45, 2.75) is 13.0 Å². The first-order valence-electron chi connectivity index (χ1n) is 5.79. The molecule has 0 saturated carbocycles. The lowest BCUT2D eigenvalue weighted by Gasteiger charge is -2.22. The lowest BCUT2D eigenvalue weighted by atomic mass is 10.3. The number of rotatable bonds is 1. The zero-order valence-corrected chi connectivity index (χ0v) is 9.68. The maximum absolute atomic E-state index is 13.7. The molecule has 0 spiro atoms. The van der Waals surface area contributed by atoms with Crippen LogP contribution in [-0.4, -0.2) is 27.6 Å². The summed E-state index contributed by atoms with van der Waals surface area (Å²) in [4.78, 5) is 9.43. The molecule has 0 fully saturated rings. The van der Waals surface area contributed by atoms with Crippen molar-refractivity contribution in [2.24, 2.45) is 0 Å². The molecule has 6 heteroatoms. The predicted molar refractivity (Wildman–Crippen MR) is 62.3 cm³/mol. The van der Waals surface area contributed by atoms with Crippen LogP contribution in [0.3, 0.4) is 0 Å². The molecule has 4 nitrogen and oxygen atoms in total. The molecule has 18 heavy (non-hydrogen) atoms. The van der Waals surface area contributed by atoms with Crippen molar-refractivity contribution in [3.63, 3.8) is 0 Å². The van der Waals surface area contributed by atoms with E-state index in [-0.39, 0.29) is 5.69 Å². The van der Waals surface area contributed by atoms with Crippen LogP contribution in [0.15, 0.2) is 24.8 Å². The number of aromatic nitrogens is 3. The fourth-order valence-corrected chi connectivity index (χ4v) is 2.28. The van der Waals surface area contributed by atoms with Crippen molar-refractivity contribution in [1.29, 1.82) is 0 Å². The van der Waals surface area contributed by atoms with Crippen LogP contribution in [0.5, 0.6) is 0 Å². The summed E-state index contributed by atoms with van der Waals surface area (Å²) in [6.45, 7) is 1.78. The van der Waals surface area contributed by atoms with E-state index in [9.17, 15) is 8.78 Å². The molecule has 0 bridgehead atoms. The third-order valence-corrected chi connectivity index (χ3v) is 3.16. The number of hydrogen-bond acceptors (Lipinski definition) is 3. The van der Waals surface area contributed by atoms with Crippen LogP contribution in [0.4, 0.5) is 14.5 Å². The first-order chi connectivity index (χ1) is 8.75. The molecule has 2 aromatic rings. The predicted octanol–water partition coefficient (Wildman–Crippen LogP) is 1.62. The molecule has 0 aromatic carbocycles. The summed E-state index contributed by atoms with van der Waals surface area (Å²) in [7, 11) is 0. The quantitative estimate of drug-likeness (QED) is 0.771. The van der Waals surface area contributed by atoms with Gasteiger partial charge in [0.05, 0.1) is 12.4 Å². The smallest absolute Gasteiger partial charge is 0.167 e. The average molecular weight is 250 g/mol. The van der Waals surface area contributed by atoms with Crippen molar-refractivity contribution in [2.75, 3.05) is 18.0 Å². The third-order valence-electron chi connectivity index (χ3n) is 3.16. The third kappa shape index (κ3) is 1.83. The fourth-order valence-electron chi connectivity index (χ4n) is 2.28. The highest BCUT2D eigenvalue weighted by molar-refractivity contribution is 5.48. The van der Waals surface area contributed by atoms with Gasteiger partial charge in [-0.05, 0) is 0 Å². The van der Waals surface area contributed by atoms with Gasteiger partial charge in [-0.1, -0.05) is 0 Å². The molecule has 0 saturated heterocycles. The Morgan fingerprint density at radius 3 is 2.61 bits per heavy atom. The first-order valence-corrected chi connectivity index (χ1v) is 5.79. The monoisotopic (exact) mass is 250 g/mol. The molecular weight excluding hydrogens is 238 g/mol. The Bertz CT molecular complexity index is 524. The molecule has 94 valence electrons. The fraction of sp³-hybridized carbons (Fsp3) is 0.333. The van der Waals surface area contributed by atoms with Gasteiger partial charge in [-0.25, -0.2) is 13.8 Å². The van der Waals surface area contributed by atoms with E-state index in [0.717, 1.165) is 18.2 Å². The number of nitrogens with zero attached hydrogens (tertiary/aromatic N) is 4. The molecule has 0 amide bonds. The van der Waals surface area contributed by atoms with Crippen molar-refractivity contribution in [3.8, 4) is 0 Å². The summed E-state index contributed by atoms with van der Waals surface area (Å²) in [5.41, 5.74) is 0.00996. The van der Waals surface area contributed by atoms with Crippen molar-refractivity contribution in [3.05, 3.63) is 42.2 Å². The van der Waals surface area contributed by atoms with Crippen LogP contribution in [0.1, 0.15) is 5.82 Å². The SMILES string of the molecule is Fc1cncc(F)c1N1CCc2nccn2CC1. The summed E-state index contributed by atoms with van der Waals surface area (Å²) >= 11 is 0. The standard InChI is InChI=1S/C12H12F2N4/c13-9-7-15-8-10(14)12(9)18-3-1-11-16-2-4-17(11)5-6-18/h2,4,7-8H,1,3,5-6H2. The molecule has 1 aliphatic heterocycles. The minimum absolute atomic E-state index is 0.00996. The zero-order valence-electron chi connectivity index (χ0n) is 9.68. The molecule has 0 aliphatic carbocycles. The van der Waals surface area contributed by atoms with Crippen LogP contribution in [0.25, 0.3) is 0 Å². The van der Waals surface area contributed by atoms with Crippen LogP contribution in [0.2, 0.25) is 0 Å². The summed E-state index contributed by atoms with van der Waals surface area (Å²) in [5, 5.41) is 0. The molecular formula is C12H12F2N4.